The molecule has 0 unspecified atom stereocenters. The van der Waals surface area contributed by atoms with Crippen LogP contribution >= 0.6 is 12.2 Å². The van der Waals surface area contributed by atoms with Gasteiger partial charge in [0, 0.05) is 24.2 Å². The number of hydrogen-bond acceptors (Lipinski definition) is 5. The van der Waals surface area contributed by atoms with E-state index in [1.807, 2.05) is 30.3 Å². The van der Waals surface area contributed by atoms with E-state index >= 15 is 0 Å². The number of thiocarbonyl (C=S) groups is 1. The molecular weight excluding hydrogens is 364 g/mol. The van der Waals surface area contributed by atoms with Crippen LogP contribution in [0.25, 0.3) is 10.8 Å². The van der Waals surface area contributed by atoms with Crippen molar-refractivity contribution >= 4 is 40.0 Å². The van der Waals surface area contributed by atoms with Gasteiger partial charge in [-0.05, 0) is 40.7 Å². The first-order valence-electron chi connectivity index (χ1n) is 8.05. The van der Waals surface area contributed by atoms with Gasteiger partial charge in [-0.2, -0.15) is 5.10 Å². The molecule has 3 N–H and O–H groups in total. The third-order valence-electron chi connectivity index (χ3n) is 3.89. The van der Waals surface area contributed by atoms with Gasteiger partial charge in [-0.1, -0.05) is 36.4 Å². The van der Waals surface area contributed by atoms with E-state index in [2.05, 4.69) is 15.8 Å². The summed E-state index contributed by atoms with van der Waals surface area (Å²) in [7, 11) is 0. The molecule has 0 fully saturated rings. The second-order valence-corrected chi connectivity index (χ2v) is 6.11. The highest BCUT2D eigenvalue weighted by Crippen LogP contribution is 2.28. The lowest BCUT2D eigenvalue weighted by molar-refractivity contribution is -0.384. The predicted molar refractivity (Wildman–Crippen MR) is 109 cm³/mol. The molecule has 0 atom stereocenters. The summed E-state index contributed by atoms with van der Waals surface area (Å²) in [4.78, 5) is 10.4. The van der Waals surface area contributed by atoms with Crippen molar-refractivity contribution in [2.75, 3.05) is 0 Å². The third-order valence-corrected chi connectivity index (χ3v) is 4.12. The number of benzene rings is 3. The topological polar surface area (TPSA) is 99.8 Å². The molecule has 8 heteroatoms. The van der Waals surface area contributed by atoms with Gasteiger partial charge in [0.15, 0.2) is 5.11 Å². The Morgan fingerprint density at radius 2 is 1.96 bits per heavy atom. The maximum atomic E-state index is 10.9. The van der Waals surface area contributed by atoms with Gasteiger partial charge >= 0.3 is 0 Å². The number of nitro benzene ring substituents is 1. The second-order valence-electron chi connectivity index (χ2n) is 5.70. The third kappa shape index (κ3) is 4.56. The Hall–Kier alpha value is -3.52. The molecule has 0 heterocycles. The number of aromatic hydroxyl groups is 1. The van der Waals surface area contributed by atoms with E-state index in [1.165, 1.54) is 24.4 Å². The fourth-order valence-electron chi connectivity index (χ4n) is 2.55. The average molecular weight is 380 g/mol. The molecule has 0 aliphatic heterocycles. The van der Waals surface area contributed by atoms with Crippen LogP contribution in [0, 0.1) is 10.1 Å². The second kappa shape index (κ2) is 8.24. The van der Waals surface area contributed by atoms with Crippen molar-refractivity contribution in [2.45, 2.75) is 6.54 Å². The summed E-state index contributed by atoms with van der Waals surface area (Å²) < 4.78 is 0. The number of hydrazone groups is 1. The van der Waals surface area contributed by atoms with Crippen LogP contribution in [0.4, 0.5) is 5.69 Å². The largest absolute Gasteiger partial charge is 0.507 e. The average Bonchev–Trinajstić information content (AvgIpc) is 2.68. The predicted octanol–water partition coefficient (Wildman–Crippen LogP) is 3.45. The fourth-order valence-corrected chi connectivity index (χ4v) is 2.68. The van der Waals surface area contributed by atoms with E-state index in [-0.39, 0.29) is 11.4 Å². The summed E-state index contributed by atoms with van der Waals surface area (Å²) in [6, 6.07) is 17.3. The molecule has 3 aromatic carbocycles. The first-order valence-corrected chi connectivity index (χ1v) is 8.46. The highest BCUT2D eigenvalue weighted by atomic mass is 32.1. The number of phenolic OH excluding ortho intramolecular Hbond substituents is 1. The smallest absolute Gasteiger partial charge is 0.270 e. The Kier molecular flexibility index (Phi) is 5.58. The van der Waals surface area contributed by atoms with Gasteiger partial charge in [-0.3, -0.25) is 15.5 Å². The van der Waals surface area contributed by atoms with Gasteiger partial charge in [0.1, 0.15) is 5.75 Å². The fraction of sp³-hybridized carbons (Fsp3) is 0.0526. The lowest BCUT2D eigenvalue weighted by Crippen LogP contribution is -2.31. The maximum Gasteiger partial charge on any atom is 0.270 e. The van der Waals surface area contributed by atoms with Crippen molar-refractivity contribution in [3.63, 3.8) is 0 Å². The zero-order valence-corrected chi connectivity index (χ0v) is 14.9. The van der Waals surface area contributed by atoms with Crippen LogP contribution < -0.4 is 10.7 Å². The van der Waals surface area contributed by atoms with E-state index in [0.717, 1.165) is 5.56 Å². The van der Waals surface area contributed by atoms with E-state index in [9.17, 15) is 15.2 Å². The molecule has 3 aromatic rings. The highest BCUT2D eigenvalue weighted by Gasteiger charge is 2.10. The van der Waals surface area contributed by atoms with Crippen LogP contribution in [-0.2, 0) is 6.54 Å². The molecule has 0 aliphatic rings. The Bertz CT molecular complexity index is 1020. The van der Waals surface area contributed by atoms with Crippen molar-refractivity contribution in [2.24, 2.45) is 5.10 Å². The highest BCUT2D eigenvalue weighted by molar-refractivity contribution is 7.80. The van der Waals surface area contributed by atoms with Crippen LogP contribution in [-0.4, -0.2) is 21.4 Å². The van der Waals surface area contributed by atoms with Crippen LogP contribution in [0.5, 0.6) is 5.75 Å². The van der Waals surface area contributed by atoms with E-state index in [4.69, 9.17) is 12.2 Å². The lowest BCUT2D eigenvalue weighted by atomic mass is 10.0. The van der Waals surface area contributed by atoms with Crippen molar-refractivity contribution < 1.29 is 10.0 Å². The molecular formula is C19H16N4O3S. The van der Waals surface area contributed by atoms with Gasteiger partial charge in [0.05, 0.1) is 11.1 Å². The number of nitrogens with zero attached hydrogens (tertiary/aromatic N) is 2. The molecule has 0 aliphatic carbocycles. The number of fused-ring (bicyclic) bond motifs is 1. The summed E-state index contributed by atoms with van der Waals surface area (Å²) in [6.07, 6.45) is 1.43. The Labute approximate surface area is 160 Å². The van der Waals surface area contributed by atoms with E-state index < -0.39 is 4.92 Å². The first kappa shape index (κ1) is 18.3. The standard InChI is InChI=1S/C19H16N4O3S/c24-18-9-6-14-10-15(23(25)26)7-8-16(14)17(18)12-21-22-19(27)20-11-13-4-2-1-3-5-13/h1-10,12,24H,11H2,(H2,20,22,27). The zero-order chi connectivity index (χ0) is 19.2. The minimum absolute atomic E-state index is 0.0134. The number of rotatable bonds is 5. The molecule has 0 bridgehead atoms. The van der Waals surface area contributed by atoms with E-state index in [1.54, 1.807) is 12.1 Å². The van der Waals surface area contributed by atoms with Crippen molar-refractivity contribution in [3.8, 4) is 5.75 Å². The molecule has 7 nitrogen and oxygen atoms in total. The SMILES string of the molecule is O=[N+]([O-])c1ccc2c(C=NNC(=S)NCc3ccccc3)c(O)ccc2c1. The molecule has 0 amide bonds. The van der Waals surface area contributed by atoms with Crippen molar-refractivity contribution in [3.05, 3.63) is 81.9 Å². The molecule has 3 rings (SSSR count). The number of phenols is 1. The molecule has 0 radical (unpaired) electrons. The summed E-state index contributed by atoms with van der Waals surface area (Å²) >= 11 is 5.17. The Morgan fingerprint density at radius 3 is 2.70 bits per heavy atom. The quantitative estimate of drug-likeness (QED) is 0.271. The molecule has 136 valence electrons. The van der Waals surface area contributed by atoms with Crippen LogP contribution in [0.3, 0.4) is 0 Å². The summed E-state index contributed by atoms with van der Waals surface area (Å²) in [5, 5.41) is 29.7. The molecule has 0 aromatic heterocycles. The Balaban J connectivity index is 1.70. The molecule has 0 spiro atoms. The van der Waals surface area contributed by atoms with Gasteiger partial charge in [-0.15, -0.1) is 0 Å². The summed E-state index contributed by atoms with van der Waals surface area (Å²) in [5.74, 6) is 0.0186. The van der Waals surface area contributed by atoms with Gasteiger partial charge in [0.25, 0.3) is 5.69 Å². The minimum atomic E-state index is -0.460. The van der Waals surface area contributed by atoms with Gasteiger partial charge in [0.2, 0.25) is 0 Å². The summed E-state index contributed by atoms with van der Waals surface area (Å²) in [5.41, 5.74) is 4.21. The van der Waals surface area contributed by atoms with Crippen molar-refractivity contribution in [1.29, 1.82) is 0 Å². The molecule has 0 saturated carbocycles. The Morgan fingerprint density at radius 1 is 1.19 bits per heavy atom. The minimum Gasteiger partial charge on any atom is -0.507 e. The first-order chi connectivity index (χ1) is 13.0. The van der Waals surface area contributed by atoms with Crippen LogP contribution in [0.15, 0.2) is 65.8 Å². The number of nitrogens with one attached hydrogen (secondary N) is 2. The van der Waals surface area contributed by atoms with Crippen molar-refractivity contribution in [1.82, 2.24) is 10.7 Å². The lowest BCUT2D eigenvalue weighted by Gasteiger charge is -2.08. The molecule has 0 saturated heterocycles. The van der Waals surface area contributed by atoms with Gasteiger partial charge in [-0.25, -0.2) is 0 Å². The maximum absolute atomic E-state index is 10.9. The zero-order valence-electron chi connectivity index (χ0n) is 14.1. The van der Waals surface area contributed by atoms with Gasteiger partial charge < -0.3 is 10.4 Å². The summed E-state index contributed by atoms with van der Waals surface area (Å²) in [6.45, 7) is 0.561. The monoisotopic (exact) mass is 380 g/mol. The number of nitro groups is 1. The normalized spacial score (nSPS) is 10.8. The van der Waals surface area contributed by atoms with Crippen LogP contribution in [0.2, 0.25) is 0 Å². The number of non-ortho nitro benzene ring substituents is 1. The van der Waals surface area contributed by atoms with E-state index in [0.29, 0.717) is 28.0 Å². The van der Waals surface area contributed by atoms with Crippen LogP contribution in [0.1, 0.15) is 11.1 Å². The number of hydrogen-bond donors (Lipinski definition) is 3. The molecule has 27 heavy (non-hydrogen) atoms.